The van der Waals surface area contributed by atoms with Crippen molar-refractivity contribution in [3.05, 3.63) is 52.2 Å². The molecule has 6 aromatic rings. The minimum atomic E-state index is -0.166. The third-order valence-electron chi connectivity index (χ3n) is 7.20. The predicted molar refractivity (Wildman–Crippen MR) is 150 cm³/mol. The minimum absolute atomic E-state index is 0.166. The van der Waals surface area contributed by atoms with Crippen LogP contribution >= 0.6 is 11.3 Å². The summed E-state index contributed by atoms with van der Waals surface area (Å²) in [6.45, 7) is 6.43. The summed E-state index contributed by atoms with van der Waals surface area (Å²) < 4.78 is 10.3. The van der Waals surface area contributed by atoms with Crippen molar-refractivity contribution < 1.29 is 4.42 Å². The number of nitrogens with two attached hydrogens (primary N) is 1. The van der Waals surface area contributed by atoms with Gasteiger partial charge >= 0.3 is 5.69 Å². The fraction of sp³-hybridized carbons (Fsp3) is 0.320. The number of nitrogens with zero attached hydrogens (tertiary/aromatic N) is 11. The first kappa shape index (κ1) is 24.4. The van der Waals surface area contributed by atoms with Crippen molar-refractivity contribution in [2.75, 3.05) is 43.4 Å². The molecule has 0 spiro atoms. The average Bonchev–Trinajstić information content (AvgIpc) is 3.77. The molecule has 40 heavy (non-hydrogen) atoms. The van der Waals surface area contributed by atoms with E-state index in [0.29, 0.717) is 52.5 Å². The molecule has 0 unspecified atom stereocenters. The third kappa shape index (κ3) is 4.10. The number of aryl methyl sites for hydroxylation is 2. The minimum Gasteiger partial charge on any atom is -0.421 e. The molecule has 1 aromatic carbocycles. The molecule has 2 N–H and O–H groups in total. The van der Waals surface area contributed by atoms with Gasteiger partial charge in [-0.25, -0.2) is 14.8 Å². The zero-order valence-electron chi connectivity index (χ0n) is 21.9. The number of hydrogen-bond donors (Lipinski definition) is 1. The molecule has 0 atom stereocenters. The van der Waals surface area contributed by atoms with Gasteiger partial charge in [0.1, 0.15) is 5.52 Å². The van der Waals surface area contributed by atoms with Gasteiger partial charge < -0.3 is 15.1 Å². The van der Waals surface area contributed by atoms with Crippen molar-refractivity contribution in [1.29, 1.82) is 0 Å². The van der Waals surface area contributed by atoms with Gasteiger partial charge in [0.05, 0.1) is 0 Å². The lowest BCUT2D eigenvalue weighted by Gasteiger charge is -2.36. The van der Waals surface area contributed by atoms with Crippen LogP contribution in [0.5, 0.6) is 0 Å². The van der Waals surface area contributed by atoms with Crippen molar-refractivity contribution in [3.8, 4) is 22.3 Å². The first-order valence-corrected chi connectivity index (χ1v) is 13.7. The number of thiazole rings is 1. The zero-order valence-corrected chi connectivity index (χ0v) is 22.7. The van der Waals surface area contributed by atoms with Crippen molar-refractivity contribution in [1.82, 2.24) is 48.8 Å². The second-order valence-corrected chi connectivity index (χ2v) is 10.5. The number of hydrogen-bond acceptors (Lipinski definition) is 12. The topological polar surface area (TPSA) is 154 Å². The van der Waals surface area contributed by atoms with Crippen molar-refractivity contribution >= 4 is 39.8 Å². The molecule has 0 bridgehead atoms. The van der Waals surface area contributed by atoms with E-state index in [1.54, 1.807) is 29.3 Å². The van der Waals surface area contributed by atoms with Gasteiger partial charge in [0.15, 0.2) is 16.3 Å². The van der Waals surface area contributed by atoms with Crippen molar-refractivity contribution in [3.63, 3.8) is 0 Å². The Hall–Kier alpha value is -4.63. The van der Waals surface area contributed by atoms with Crippen LogP contribution in [-0.4, -0.2) is 81.5 Å². The maximum atomic E-state index is 13.3. The van der Waals surface area contributed by atoms with E-state index in [1.165, 1.54) is 15.9 Å². The van der Waals surface area contributed by atoms with Gasteiger partial charge in [-0.3, -0.25) is 14.0 Å². The summed E-state index contributed by atoms with van der Waals surface area (Å²) in [6.07, 6.45) is 1.70. The van der Waals surface area contributed by atoms with E-state index < -0.39 is 0 Å². The Bertz CT molecular complexity index is 1890. The number of nitrogen functional groups attached to an aromatic ring is 1. The van der Waals surface area contributed by atoms with Gasteiger partial charge in [-0.05, 0) is 18.2 Å². The summed E-state index contributed by atoms with van der Waals surface area (Å²) in [5, 5.41) is 15.1. The second-order valence-electron chi connectivity index (χ2n) is 9.65. The highest BCUT2D eigenvalue weighted by Crippen LogP contribution is 2.26. The van der Waals surface area contributed by atoms with Gasteiger partial charge in [0.2, 0.25) is 23.6 Å². The van der Waals surface area contributed by atoms with E-state index in [9.17, 15) is 4.79 Å². The highest BCUT2D eigenvalue weighted by molar-refractivity contribution is 7.13. The lowest BCUT2D eigenvalue weighted by atomic mass is 10.1. The summed E-state index contributed by atoms with van der Waals surface area (Å²) in [4.78, 5) is 31.5. The molecule has 7 rings (SSSR count). The molecule has 14 nitrogen and oxygen atoms in total. The smallest absolute Gasteiger partial charge is 0.330 e. The van der Waals surface area contributed by atoms with Crippen LogP contribution in [0.4, 0.5) is 11.6 Å². The number of anilines is 2. The van der Waals surface area contributed by atoms with Gasteiger partial charge in [-0.2, -0.15) is 9.50 Å². The van der Waals surface area contributed by atoms with Gasteiger partial charge in [0, 0.05) is 76.1 Å². The van der Waals surface area contributed by atoms with E-state index in [4.69, 9.17) is 10.2 Å². The first-order chi connectivity index (χ1) is 19.5. The summed E-state index contributed by atoms with van der Waals surface area (Å²) >= 11 is 1.44. The molecule has 1 aliphatic rings. The molecule has 5 aromatic heterocycles. The van der Waals surface area contributed by atoms with Crippen LogP contribution in [0.25, 0.3) is 39.1 Å². The Morgan fingerprint density at radius 3 is 2.67 bits per heavy atom. The summed E-state index contributed by atoms with van der Waals surface area (Å²) in [7, 11) is 1.72. The maximum Gasteiger partial charge on any atom is 0.330 e. The molecular formula is C25H26N12O2S. The van der Waals surface area contributed by atoms with Gasteiger partial charge in [-0.15, -0.1) is 26.6 Å². The monoisotopic (exact) mass is 558 g/mol. The largest absolute Gasteiger partial charge is 0.421 e. The summed E-state index contributed by atoms with van der Waals surface area (Å²) in [5.41, 5.74) is 9.69. The lowest BCUT2D eigenvalue weighted by Crippen LogP contribution is -2.47. The van der Waals surface area contributed by atoms with E-state index in [2.05, 4.69) is 52.2 Å². The SMILES string of the molecule is Cc1nnc(-c2cccc(N3CCN(CCn4c(=O)n(C)c5c4nc(N)n4nc(-c6nccs6)nc54)CC3)c2)o1. The Morgan fingerprint density at radius 1 is 1.07 bits per heavy atom. The maximum absolute atomic E-state index is 13.3. The number of fused-ring (bicyclic) bond motifs is 3. The molecule has 1 saturated heterocycles. The van der Waals surface area contributed by atoms with Crippen LogP contribution in [0.3, 0.4) is 0 Å². The Kier molecular flexibility index (Phi) is 5.82. The van der Waals surface area contributed by atoms with E-state index in [1.807, 2.05) is 17.5 Å². The molecule has 1 fully saturated rings. The predicted octanol–water partition coefficient (Wildman–Crippen LogP) is 1.66. The molecule has 15 heteroatoms. The van der Waals surface area contributed by atoms with Crippen LogP contribution in [0.1, 0.15) is 5.89 Å². The number of rotatable bonds is 6. The Morgan fingerprint density at radius 2 is 1.93 bits per heavy atom. The molecule has 0 saturated carbocycles. The van der Waals surface area contributed by atoms with E-state index in [0.717, 1.165) is 37.4 Å². The van der Waals surface area contributed by atoms with Gasteiger partial charge in [0.25, 0.3) is 0 Å². The standard InChI is InChI=1S/C25H26N12O2S/c1-15-30-31-22(39-15)16-4-3-5-17(14-16)35-10-7-34(8-11-35)9-12-36-20-18(33(2)25(36)38)21-28-19(23-27-6-13-40-23)32-37(21)24(26)29-20/h3-6,13-14H,7-12H2,1-2H3,(H2,26,29). The average molecular weight is 559 g/mol. The van der Waals surface area contributed by atoms with Crippen LogP contribution in [-0.2, 0) is 13.6 Å². The number of imidazole rings is 1. The summed E-state index contributed by atoms with van der Waals surface area (Å²) in [5.74, 6) is 1.69. The second kappa shape index (κ2) is 9.53. The fourth-order valence-electron chi connectivity index (χ4n) is 5.14. The zero-order chi connectivity index (χ0) is 27.4. The highest BCUT2D eigenvalue weighted by Gasteiger charge is 2.23. The molecule has 0 radical (unpaired) electrons. The number of piperazine rings is 1. The number of benzene rings is 1. The Balaban J connectivity index is 1.08. The van der Waals surface area contributed by atoms with Crippen molar-refractivity contribution in [2.45, 2.75) is 13.5 Å². The summed E-state index contributed by atoms with van der Waals surface area (Å²) in [6, 6.07) is 8.16. The number of aromatic nitrogens is 9. The quantitative estimate of drug-likeness (QED) is 0.317. The van der Waals surface area contributed by atoms with Crippen molar-refractivity contribution in [2.24, 2.45) is 7.05 Å². The normalized spacial score (nSPS) is 14.6. The van der Waals surface area contributed by atoms with Crippen LogP contribution in [0.2, 0.25) is 0 Å². The van der Waals surface area contributed by atoms with Crippen LogP contribution in [0.15, 0.2) is 45.1 Å². The molecular weight excluding hydrogens is 532 g/mol. The van der Waals surface area contributed by atoms with Crippen LogP contribution in [0, 0.1) is 6.92 Å². The van der Waals surface area contributed by atoms with E-state index in [-0.39, 0.29) is 11.6 Å². The molecule has 1 aliphatic heterocycles. The third-order valence-corrected chi connectivity index (χ3v) is 7.97. The molecule has 6 heterocycles. The Labute approximate surface area is 231 Å². The molecule has 204 valence electrons. The van der Waals surface area contributed by atoms with Crippen LogP contribution < -0.4 is 16.3 Å². The van der Waals surface area contributed by atoms with E-state index >= 15 is 0 Å². The molecule has 0 aliphatic carbocycles. The van der Waals surface area contributed by atoms with Gasteiger partial charge in [-0.1, -0.05) is 6.07 Å². The lowest BCUT2D eigenvalue weighted by molar-refractivity contribution is 0.248. The fourth-order valence-corrected chi connectivity index (χ4v) is 5.70. The highest BCUT2D eigenvalue weighted by atomic mass is 32.1. The first-order valence-electron chi connectivity index (χ1n) is 12.9. The molecule has 0 amide bonds.